The number of hydrogen-bond acceptors (Lipinski definition) is 8. The lowest BCUT2D eigenvalue weighted by Gasteiger charge is -2.19. The summed E-state index contributed by atoms with van der Waals surface area (Å²) in [4.78, 5) is 28.9. The minimum atomic E-state index is -0.454. The van der Waals surface area contributed by atoms with Crippen molar-refractivity contribution in [3.05, 3.63) is 72.4 Å². The van der Waals surface area contributed by atoms with Crippen molar-refractivity contribution in [3.63, 3.8) is 0 Å². The Kier molecular flexibility index (Phi) is 5.66. The highest BCUT2D eigenvalue weighted by Crippen LogP contribution is 2.32. The van der Waals surface area contributed by atoms with Gasteiger partial charge in [-0.15, -0.1) is 10.2 Å². The van der Waals surface area contributed by atoms with Crippen molar-refractivity contribution in [2.45, 2.75) is 23.9 Å². The number of Topliss-reactive ketones (excluding diaryl/α,β-unsaturated/α-hetero) is 1. The van der Waals surface area contributed by atoms with Crippen LogP contribution in [0.5, 0.6) is 5.75 Å². The maximum atomic E-state index is 13.2. The number of anilines is 1. The fourth-order valence-corrected chi connectivity index (χ4v) is 4.39. The molecule has 1 amide bonds. The zero-order chi connectivity index (χ0) is 22.8. The topological polar surface area (TPSA) is 112 Å². The first-order chi connectivity index (χ1) is 16.1. The van der Waals surface area contributed by atoms with E-state index >= 15 is 0 Å². The molecule has 0 aliphatic carbocycles. The first kappa shape index (κ1) is 21.0. The molecule has 1 aromatic carbocycles. The quantitative estimate of drug-likeness (QED) is 0.328. The predicted molar refractivity (Wildman–Crippen MR) is 121 cm³/mol. The lowest BCUT2D eigenvalue weighted by atomic mass is 10.1. The first-order valence-corrected chi connectivity index (χ1v) is 11.1. The smallest absolute Gasteiger partial charge is 0.262 e. The van der Waals surface area contributed by atoms with Crippen molar-refractivity contribution >= 4 is 29.1 Å². The summed E-state index contributed by atoms with van der Waals surface area (Å²) in [5.41, 5.74) is 1.78. The zero-order valence-electron chi connectivity index (χ0n) is 17.6. The van der Waals surface area contributed by atoms with Crippen LogP contribution < -0.4 is 10.1 Å². The third kappa shape index (κ3) is 4.37. The second-order valence-corrected chi connectivity index (χ2v) is 8.69. The Labute approximate surface area is 193 Å². The number of aromatic nitrogens is 4. The van der Waals surface area contributed by atoms with Crippen LogP contribution in [0.1, 0.15) is 23.0 Å². The number of nitrogens with zero attached hydrogens (tertiary/aromatic N) is 4. The van der Waals surface area contributed by atoms with E-state index in [1.165, 1.54) is 11.8 Å². The van der Waals surface area contributed by atoms with Crippen LogP contribution in [0.2, 0.25) is 0 Å². The van der Waals surface area contributed by atoms with Gasteiger partial charge in [0, 0.05) is 23.5 Å². The monoisotopic (exact) mass is 461 g/mol. The number of furan rings is 1. The SMILES string of the molecule is CC(Sc1nnc(-c2cccnc2)n1Cc1ccco1)C(=O)c1ccc2c(c1)NC(=O)CO2. The molecular formula is C23H19N5O4S. The largest absolute Gasteiger partial charge is 0.482 e. The molecule has 4 heterocycles. The van der Waals surface area contributed by atoms with Crippen LogP contribution in [0, 0.1) is 0 Å². The maximum Gasteiger partial charge on any atom is 0.262 e. The molecule has 9 nitrogen and oxygen atoms in total. The van der Waals surface area contributed by atoms with Gasteiger partial charge in [-0.25, -0.2) is 0 Å². The molecule has 0 radical (unpaired) electrons. The van der Waals surface area contributed by atoms with Crippen molar-refractivity contribution in [3.8, 4) is 17.1 Å². The van der Waals surface area contributed by atoms with Crippen LogP contribution in [-0.4, -0.2) is 43.3 Å². The number of nitrogens with one attached hydrogen (secondary N) is 1. The molecule has 5 rings (SSSR count). The van der Waals surface area contributed by atoms with E-state index in [-0.39, 0.29) is 18.3 Å². The van der Waals surface area contributed by atoms with Gasteiger partial charge in [0.25, 0.3) is 5.91 Å². The number of hydrogen-bond donors (Lipinski definition) is 1. The summed E-state index contributed by atoms with van der Waals surface area (Å²) in [6.07, 6.45) is 5.02. The number of ether oxygens (including phenoxy) is 1. The Balaban J connectivity index is 1.41. The molecule has 0 spiro atoms. The van der Waals surface area contributed by atoms with E-state index in [0.29, 0.717) is 34.5 Å². The molecule has 33 heavy (non-hydrogen) atoms. The van der Waals surface area contributed by atoms with Crippen LogP contribution in [0.4, 0.5) is 5.69 Å². The van der Waals surface area contributed by atoms with Crippen molar-refractivity contribution in [2.24, 2.45) is 0 Å². The summed E-state index contributed by atoms with van der Waals surface area (Å²) >= 11 is 1.31. The Morgan fingerprint density at radius 3 is 2.94 bits per heavy atom. The van der Waals surface area contributed by atoms with Gasteiger partial charge in [0.05, 0.1) is 23.7 Å². The molecule has 3 aromatic heterocycles. The number of ketones is 1. The minimum absolute atomic E-state index is 0.0306. The Morgan fingerprint density at radius 1 is 1.24 bits per heavy atom. The number of carbonyl (C=O) groups is 2. The van der Waals surface area contributed by atoms with E-state index in [1.54, 1.807) is 36.9 Å². The van der Waals surface area contributed by atoms with E-state index in [1.807, 2.05) is 35.8 Å². The number of fused-ring (bicyclic) bond motifs is 1. The summed E-state index contributed by atoms with van der Waals surface area (Å²) < 4.78 is 12.8. The summed E-state index contributed by atoms with van der Waals surface area (Å²) in [5.74, 6) is 1.58. The van der Waals surface area contributed by atoms with Gasteiger partial charge in [-0.2, -0.15) is 0 Å². The van der Waals surface area contributed by atoms with Crippen LogP contribution in [0.3, 0.4) is 0 Å². The molecule has 4 aromatic rings. The Morgan fingerprint density at radius 2 is 2.15 bits per heavy atom. The molecule has 1 N–H and O–H groups in total. The average molecular weight is 462 g/mol. The van der Waals surface area contributed by atoms with Gasteiger partial charge < -0.3 is 14.5 Å². The lowest BCUT2D eigenvalue weighted by Crippen LogP contribution is -2.25. The van der Waals surface area contributed by atoms with Crippen LogP contribution in [0.15, 0.2) is 70.7 Å². The minimum Gasteiger partial charge on any atom is -0.482 e. The fourth-order valence-electron chi connectivity index (χ4n) is 3.47. The standard InChI is InChI=1S/C23H19N5O4S/c1-14(21(30)15-6-7-19-18(10-15)25-20(29)13-32-19)33-23-27-26-22(16-4-2-8-24-11-16)28(23)12-17-5-3-9-31-17/h2-11,14H,12-13H2,1H3,(H,25,29). The highest BCUT2D eigenvalue weighted by Gasteiger charge is 2.24. The van der Waals surface area contributed by atoms with E-state index in [0.717, 1.165) is 11.3 Å². The van der Waals surface area contributed by atoms with Crippen LogP contribution >= 0.6 is 11.8 Å². The van der Waals surface area contributed by atoms with Gasteiger partial charge in [-0.3, -0.25) is 19.1 Å². The van der Waals surface area contributed by atoms with E-state index < -0.39 is 5.25 Å². The molecule has 0 saturated heterocycles. The van der Waals surface area contributed by atoms with Crippen LogP contribution in [0.25, 0.3) is 11.4 Å². The second-order valence-electron chi connectivity index (χ2n) is 7.39. The molecule has 1 aliphatic heterocycles. The number of amides is 1. The van der Waals surface area contributed by atoms with Crippen molar-refractivity contribution < 1.29 is 18.7 Å². The highest BCUT2D eigenvalue weighted by molar-refractivity contribution is 8.00. The van der Waals surface area contributed by atoms with Crippen molar-refractivity contribution in [1.82, 2.24) is 19.7 Å². The van der Waals surface area contributed by atoms with E-state index in [2.05, 4.69) is 20.5 Å². The van der Waals surface area contributed by atoms with Gasteiger partial charge >= 0.3 is 0 Å². The molecule has 10 heteroatoms. The average Bonchev–Trinajstić information content (AvgIpc) is 3.49. The highest BCUT2D eigenvalue weighted by atomic mass is 32.2. The number of carbonyl (C=O) groups excluding carboxylic acids is 2. The molecule has 1 unspecified atom stereocenters. The summed E-state index contributed by atoms with van der Waals surface area (Å²) in [6.45, 7) is 2.20. The number of thioether (sulfide) groups is 1. The fraction of sp³-hybridized carbons (Fsp3) is 0.174. The Hall–Kier alpha value is -3.92. The van der Waals surface area contributed by atoms with Crippen molar-refractivity contribution in [1.29, 1.82) is 0 Å². The molecule has 1 aliphatic rings. The lowest BCUT2D eigenvalue weighted by molar-refractivity contribution is -0.118. The molecule has 166 valence electrons. The predicted octanol–water partition coefficient (Wildman–Crippen LogP) is 3.68. The van der Waals surface area contributed by atoms with Gasteiger partial charge in [-0.05, 0) is 49.4 Å². The van der Waals surface area contributed by atoms with Gasteiger partial charge in [0.15, 0.2) is 23.4 Å². The van der Waals surface area contributed by atoms with Crippen LogP contribution in [-0.2, 0) is 11.3 Å². The summed E-state index contributed by atoms with van der Waals surface area (Å²) in [6, 6.07) is 12.5. The summed E-state index contributed by atoms with van der Waals surface area (Å²) in [7, 11) is 0. The van der Waals surface area contributed by atoms with Gasteiger partial charge in [-0.1, -0.05) is 11.8 Å². The second kappa shape index (κ2) is 8.91. The van der Waals surface area contributed by atoms with Crippen molar-refractivity contribution in [2.75, 3.05) is 11.9 Å². The Bertz CT molecular complexity index is 1300. The number of benzene rings is 1. The normalized spacial score (nSPS) is 13.7. The molecule has 1 atom stereocenters. The molecule has 0 saturated carbocycles. The maximum absolute atomic E-state index is 13.2. The van der Waals surface area contributed by atoms with Gasteiger partial charge in [0.2, 0.25) is 0 Å². The van der Waals surface area contributed by atoms with E-state index in [4.69, 9.17) is 9.15 Å². The molecular weight excluding hydrogens is 442 g/mol. The van der Waals surface area contributed by atoms with E-state index in [9.17, 15) is 9.59 Å². The molecule has 0 bridgehead atoms. The zero-order valence-corrected chi connectivity index (χ0v) is 18.4. The summed E-state index contributed by atoms with van der Waals surface area (Å²) in [5, 5.41) is 11.6. The molecule has 0 fully saturated rings. The first-order valence-electron chi connectivity index (χ1n) is 10.2. The number of rotatable bonds is 7. The third-order valence-corrected chi connectivity index (χ3v) is 6.16. The van der Waals surface area contributed by atoms with Gasteiger partial charge in [0.1, 0.15) is 11.5 Å². The third-order valence-electron chi connectivity index (χ3n) is 5.08. The number of pyridine rings is 1.